The Labute approximate surface area is 134 Å². The molecule has 0 aliphatic rings. The third-order valence-electron chi connectivity index (χ3n) is 3.13. The minimum absolute atomic E-state index is 0.217. The lowest BCUT2D eigenvalue weighted by atomic mass is 10.4. The van der Waals surface area contributed by atoms with Gasteiger partial charge in [0.25, 0.3) is 0 Å². The molecule has 2 aromatic rings. The van der Waals surface area contributed by atoms with Crippen molar-refractivity contribution in [3.8, 4) is 0 Å². The molecule has 0 unspecified atom stereocenters. The van der Waals surface area contributed by atoms with E-state index < -0.39 is 0 Å². The zero-order chi connectivity index (χ0) is 15.2. The Bertz CT molecular complexity index is 582. The molecule has 2 rings (SSSR count). The van der Waals surface area contributed by atoms with E-state index >= 15 is 0 Å². The molecule has 1 N–H and O–H groups in total. The van der Waals surface area contributed by atoms with Crippen molar-refractivity contribution in [3.05, 3.63) is 27.2 Å². The van der Waals surface area contributed by atoms with Crippen LogP contribution < -0.4 is 10.2 Å². The molecular formula is C14H20ClN5S. The summed E-state index contributed by atoms with van der Waals surface area (Å²) < 4.78 is 0. The van der Waals surface area contributed by atoms with E-state index in [1.54, 1.807) is 11.3 Å². The van der Waals surface area contributed by atoms with Crippen molar-refractivity contribution in [1.29, 1.82) is 0 Å². The lowest BCUT2D eigenvalue weighted by Crippen LogP contribution is -2.25. The number of nitrogens with one attached hydrogen (secondary N) is 1. The second kappa shape index (κ2) is 7.56. The molecule has 0 fully saturated rings. The molecule has 21 heavy (non-hydrogen) atoms. The molecule has 2 heterocycles. The van der Waals surface area contributed by atoms with Crippen LogP contribution in [0.2, 0.25) is 5.28 Å². The van der Waals surface area contributed by atoms with E-state index in [0.29, 0.717) is 18.4 Å². The van der Waals surface area contributed by atoms with Crippen LogP contribution in [0.1, 0.15) is 30.5 Å². The Morgan fingerprint density at radius 1 is 1.10 bits per heavy atom. The average molecular weight is 326 g/mol. The number of rotatable bonds is 7. The van der Waals surface area contributed by atoms with E-state index in [4.69, 9.17) is 11.6 Å². The maximum atomic E-state index is 5.99. The normalized spacial score (nSPS) is 10.7. The zero-order valence-corrected chi connectivity index (χ0v) is 14.1. The summed E-state index contributed by atoms with van der Waals surface area (Å²) in [5.74, 6) is 1.13. The highest BCUT2D eigenvalue weighted by atomic mass is 35.5. The number of aryl methyl sites for hydroxylation is 1. The van der Waals surface area contributed by atoms with Gasteiger partial charge in [-0.25, -0.2) is 0 Å². The molecule has 5 nitrogen and oxygen atoms in total. The third-order valence-corrected chi connectivity index (χ3v) is 4.53. The molecule has 0 aliphatic heterocycles. The summed E-state index contributed by atoms with van der Waals surface area (Å²) in [4.78, 5) is 17.4. The number of hydrogen-bond donors (Lipinski definition) is 1. The van der Waals surface area contributed by atoms with Gasteiger partial charge in [0.1, 0.15) is 0 Å². The molecule has 0 aromatic carbocycles. The molecule has 7 heteroatoms. The zero-order valence-electron chi connectivity index (χ0n) is 12.6. The van der Waals surface area contributed by atoms with Crippen molar-refractivity contribution < 1.29 is 0 Å². The molecule has 0 saturated carbocycles. The summed E-state index contributed by atoms with van der Waals surface area (Å²) in [7, 11) is 0. The summed E-state index contributed by atoms with van der Waals surface area (Å²) in [6.07, 6.45) is 1.06. The first-order valence-electron chi connectivity index (χ1n) is 7.14. The molecule has 2 aromatic heterocycles. The molecule has 114 valence electrons. The SMILES string of the molecule is CCc1ccc(CNc2nc(Cl)nc(N(CC)CC)n2)s1. The van der Waals surface area contributed by atoms with Crippen molar-refractivity contribution in [3.63, 3.8) is 0 Å². The van der Waals surface area contributed by atoms with Crippen LogP contribution in [-0.4, -0.2) is 28.0 Å². The lowest BCUT2D eigenvalue weighted by Gasteiger charge is -2.18. The van der Waals surface area contributed by atoms with Gasteiger partial charge in [-0.15, -0.1) is 11.3 Å². The smallest absolute Gasteiger partial charge is 0.231 e. The van der Waals surface area contributed by atoms with Gasteiger partial charge in [0.15, 0.2) is 0 Å². The van der Waals surface area contributed by atoms with Crippen LogP contribution in [0.25, 0.3) is 0 Å². The minimum Gasteiger partial charge on any atom is -0.349 e. The number of thiophene rings is 1. The molecule has 0 atom stereocenters. The topological polar surface area (TPSA) is 53.9 Å². The van der Waals surface area contributed by atoms with Gasteiger partial charge < -0.3 is 10.2 Å². The molecule has 0 saturated heterocycles. The largest absolute Gasteiger partial charge is 0.349 e. The molecule has 0 spiro atoms. The van der Waals surface area contributed by atoms with Crippen molar-refractivity contribution in [2.75, 3.05) is 23.3 Å². The monoisotopic (exact) mass is 325 g/mol. The van der Waals surface area contributed by atoms with Crippen molar-refractivity contribution in [2.24, 2.45) is 0 Å². The van der Waals surface area contributed by atoms with Gasteiger partial charge in [0.2, 0.25) is 17.2 Å². The number of nitrogens with zero attached hydrogens (tertiary/aromatic N) is 4. The number of aromatic nitrogens is 3. The van der Waals surface area contributed by atoms with Gasteiger partial charge in [-0.05, 0) is 44.0 Å². The second-order valence-electron chi connectivity index (χ2n) is 4.48. The van der Waals surface area contributed by atoms with E-state index in [9.17, 15) is 0 Å². The first-order chi connectivity index (χ1) is 10.2. The maximum absolute atomic E-state index is 5.99. The summed E-state index contributed by atoms with van der Waals surface area (Å²) >= 11 is 7.79. The van der Waals surface area contributed by atoms with Crippen LogP contribution in [0.3, 0.4) is 0 Å². The molecule has 0 amide bonds. The van der Waals surface area contributed by atoms with E-state index in [2.05, 4.69) is 53.2 Å². The summed E-state index contributed by atoms with van der Waals surface area (Å²) in [5, 5.41) is 3.44. The molecular weight excluding hydrogens is 306 g/mol. The Balaban J connectivity index is 2.08. The highest BCUT2D eigenvalue weighted by Gasteiger charge is 2.10. The Kier molecular flexibility index (Phi) is 5.76. The van der Waals surface area contributed by atoms with Crippen LogP contribution >= 0.6 is 22.9 Å². The Morgan fingerprint density at radius 2 is 1.81 bits per heavy atom. The maximum Gasteiger partial charge on any atom is 0.231 e. The Morgan fingerprint density at radius 3 is 2.43 bits per heavy atom. The van der Waals surface area contributed by atoms with Gasteiger partial charge in [-0.2, -0.15) is 15.0 Å². The summed E-state index contributed by atoms with van der Waals surface area (Å²) in [6.45, 7) is 8.65. The Hall–Kier alpha value is -1.40. The van der Waals surface area contributed by atoms with Gasteiger partial charge in [-0.1, -0.05) is 6.92 Å². The van der Waals surface area contributed by atoms with Crippen LogP contribution in [0, 0.1) is 0 Å². The summed E-state index contributed by atoms with van der Waals surface area (Å²) in [6, 6.07) is 4.29. The number of anilines is 2. The van der Waals surface area contributed by atoms with Crippen molar-refractivity contribution >= 4 is 34.8 Å². The number of halogens is 1. The minimum atomic E-state index is 0.217. The van der Waals surface area contributed by atoms with Gasteiger partial charge >= 0.3 is 0 Å². The van der Waals surface area contributed by atoms with Crippen molar-refractivity contribution in [2.45, 2.75) is 33.7 Å². The fourth-order valence-corrected chi connectivity index (χ4v) is 2.99. The summed E-state index contributed by atoms with van der Waals surface area (Å²) in [5.41, 5.74) is 0. The predicted molar refractivity (Wildman–Crippen MR) is 89.4 cm³/mol. The first-order valence-corrected chi connectivity index (χ1v) is 8.33. The molecule has 0 radical (unpaired) electrons. The molecule has 0 bridgehead atoms. The third kappa shape index (κ3) is 4.28. The average Bonchev–Trinajstić information content (AvgIpc) is 2.94. The highest BCUT2D eigenvalue weighted by molar-refractivity contribution is 7.12. The first kappa shape index (κ1) is 16.0. The fraction of sp³-hybridized carbons (Fsp3) is 0.500. The second-order valence-corrected chi connectivity index (χ2v) is 6.07. The van der Waals surface area contributed by atoms with E-state index in [0.717, 1.165) is 19.5 Å². The van der Waals surface area contributed by atoms with Crippen molar-refractivity contribution in [1.82, 2.24) is 15.0 Å². The lowest BCUT2D eigenvalue weighted by molar-refractivity contribution is 0.811. The van der Waals surface area contributed by atoms with Gasteiger partial charge in [0, 0.05) is 22.8 Å². The quantitative estimate of drug-likeness (QED) is 0.842. The van der Waals surface area contributed by atoms with Gasteiger partial charge in [-0.3, -0.25) is 0 Å². The van der Waals surface area contributed by atoms with E-state index in [1.165, 1.54) is 9.75 Å². The number of hydrogen-bond acceptors (Lipinski definition) is 6. The van der Waals surface area contributed by atoms with E-state index in [-0.39, 0.29) is 5.28 Å². The van der Waals surface area contributed by atoms with E-state index in [1.807, 2.05) is 4.90 Å². The molecule has 0 aliphatic carbocycles. The fourth-order valence-electron chi connectivity index (χ4n) is 1.94. The predicted octanol–water partition coefficient (Wildman–Crippen LogP) is 3.61. The van der Waals surface area contributed by atoms with Crippen LogP contribution in [0.15, 0.2) is 12.1 Å². The van der Waals surface area contributed by atoms with Crippen LogP contribution in [-0.2, 0) is 13.0 Å². The standard InChI is InChI=1S/C14H20ClN5S/c1-4-10-7-8-11(21-10)9-16-13-17-12(15)18-14(19-13)20(5-2)6-3/h7-8H,4-6,9H2,1-3H3,(H,16,17,18,19). The van der Waals surface area contributed by atoms with Gasteiger partial charge in [0.05, 0.1) is 6.54 Å². The highest BCUT2D eigenvalue weighted by Crippen LogP contribution is 2.19. The van der Waals surface area contributed by atoms with Crippen LogP contribution in [0.4, 0.5) is 11.9 Å². The van der Waals surface area contributed by atoms with Crippen LogP contribution in [0.5, 0.6) is 0 Å².